The van der Waals surface area contributed by atoms with Crippen molar-refractivity contribution in [3.8, 4) is 0 Å². The van der Waals surface area contributed by atoms with Crippen LogP contribution in [0.4, 0.5) is 0 Å². The maximum absolute atomic E-state index is 12.7. The monoisotopic (exact) mass is 452 g/mol. The fourth-order valence-electron chi connectivity index (χ4n) is 5.16. The predicted octanol–water partition coefficient (Wildman–Crippen LogP) is 3.93. The van der Waals surface area contributed by atoms with E-state index in [4.69, 9.17) is 11.6 Å². The van der Waals surface area contributed by atoms with Crippen molar-refractivity contribution in [2.24, 2.45) is 5.92 Å². The van der Waals surface area contributed by atoms with Gasteiger partial charge in [-0.25, -0.2) is 4.79 Å². The number of benzene rings is 2. The topological polar surface area (TPSA) is 70.1 Å². The van der Waals surface area contributed by atoms with Gasteiger partial charge < -0.3 is 15.2 Å². The highest BCUT2D eigenvalue weighted by Gasteiger charge is 2.44. The van der Waals surface area contributed by atoms with E-state index in [1.165, 1.54) is 5.56 Å². The van der Waals surface area contributed by atoms with Crippen LogP contribution in [0.2, 0.25) is 5.02 Å². The molecular formula is C25H29ClN4O2. The lowest BCUT2D eigenvalue weighted by molar-refractivity contribution is -0.123. The van der Waals surface area contributed by atoms with Crippen LogP contribution >= 0.6 is 11.6 Å². The largest absolute Gasteiger partial charge is 0.352 e. The number of aromatic nitrogens is 2. The van der Waals surface area contributed by atoms with Crippen LogP contribution in [0.5, 0.6) is 0 Å². The number of fused-ring (bicyclic) bond motifs is 1. The van der Waals surface area contributed by atoms with E-state index >= 15 is 0 Å². The molecule has 2 heterocycles. The molecule has 0 bridgehead atoms. The molecule has 32 heavy (non-hydrogen) atoms. The summed E-state index contributed by atoms with van der Waals surface area (Å²) in [6, 6.07) is 16.1. The Labute approximate surface area is 192 Å². The van der Waals surface area contributed by atoms with Gasteiger partial charge in [-0.3, -0.25) is 9.36 Å². The fraction of sp³-hybridized carbons (Fsp3) is 0.440. The molecule has 3 aromatic rings. The summed E-state index contributed by atoms with van der Waals surface area (Å²) in [7, 11) is 0. The molecule has 3 unspecified atom stereocenters. The molecule has 1 saturated carbocycles. The van der Waals surface area contributed by atoms with E-state index in [9.17, 15) is 9.59 Å². The van der Waals surface area contributed by atoms with Crippen molar-refractivity contribution in [2.75, 3.05) is 19.6 Å². The van der Waals surface area contributed by atoms with Crippen molar-refractivity contribution in [1.29, 1.82) is 0 Å². The van der Waals surface area contributed by atoms with Crippen molar-refractivity contribution >= 4 is 28.5 Å². The second kappa shape index (κ2) is 8.75. The number of H-pyrrole nitrogens is 1. The number of imidazole rings is 1. The lowest BCUT2D eigenvalue weighted by atomic mass is 10.0. The smallest absolute Gasteiger partial charge is 0.326 e. The molecule has 168 valence electrons. The lowest BCUT2D eigenvalue weighted by Gasteiger charge is -2.34. The molecule has 0 spiro atoms. The molecule has 2 aliphatic rings. The first-order valence-corrected chi connectivity index (χ1v) is 11.8. The SMILES string of the molecule is CC(CN1CCC(n2c(=O)[nH]c3cc(Cl)ccc32)CC1)NC(=O)C1CC1c1ccccc1. The van der Waals surface area contributed by atoms with E-state index in [1.54, 1.807) is 6.07 Å². The molecule has 1 aliphatic carbocycles. The predicted molar refractivity (Wildman–Crippen MR) is 127 cm³/mol. The molecule has 0 radical (unpaired) electrons. The summed E-state index contributed by atoms with van der Waals surface area (Å²) in [6.45, 7) is 4.73. The van der Waals surface area contributed by atoms with Crippen LogP contribution in [-0.4, -0.2) is 46.0 Å². The molecule has 7 heteroatoms. The number of hydrogen-bond donors (Lipinski definition) is 2. The molecule has 1 saturated heterocycles. The number of carbonyl (C=O) groups excluding carboxylic acids is 1. The zero-order chi connectivity index (χ0) is 22.2. The second-order valence-corrected chi connectivity index (χ2v) is 9.70. The Bertz CT molecular complexity index is 1160. The van der Waals surface area contributed by atoms with E-state index in [0.717, 1.165) is 49.9 Å². The molecule has 5 rings (SSSR count). The van der Waals surface area contributed by atoms with Crippen LogP contribution in [0.3, 0.4) is 0 Å². The minimum absolute atomic E-state index is 0.0706. The van der Waals surface area contributed by atoms with Gasteiger partial charge in [0.2, 0.25) is 5.91 Å². The van der Waals surface area contributed by atoms with E-state index in [0.29, 0.717) is 10.9 Å². The molecular weight excluding hydrogens is 424 g/mol. The lowest BCUT2D eigenvalue weighted by Crippen LogP contribution is -2.45. The van der Waals surface area contributed by atoms with Crippen LogP contribution in [0, 0.1) is 5.92 Å². The molecule has 1 aliphatic heterocycles. The number of hydrogen-bond acceptors (Lipinski definition) is 3. The van der Waals surface area contributed by atoms with Gasteiger partial charge in [-0.2, -0.15) is 0 Å². The first-order chi connectivity index (χ1) is 15.5. The molecule has 2 fully saturated rings. The third kappa shape index (κ3) is 4.34. The van der Waals surface area contributed by atoms with Gasteiger partial charge in [-0.05, 0) is 55.9 Å². The van der Waals surface area contributed by atoms with Gasteiger partial charge in [0.15, 0.2) is 0 Å². The second-order valence-electron chi connectivity index (χ2n) is 9.26. The van der Waals surface area contributed by atoms with E-state index in [-0.39, 0.29) is 29.6 Å². The Morgan fingerprint density at radius 3 is 2.69 bits per heavy atom. The van der Waals surface area contributed by atoms with Crippen molar-refractivity contribution in [3.63, 3.8) is 0 Å². The summed E-state index contributed by atoms with van der Waals surface area (Å²) in [5, 5.41) is 3.84. The molecule has 1 amide bonds. The Morgan fingerprint density at radius 2 is 1.94 bits per heavy atom. The number of halogens is 1. The van der Waals surface area contributed by atoms with Crippen molar-refractivity contribution in [1.82, 2.24) is 19.8 Å². The van der Waals surface area contributed by atoms with Crippen LogP contribution in [0.25, 0.3) is 11.0 Å². The van der Waals surface area contributed by atoms with Gasteiger partial charge in [-0.15, -0.1) is 0 Å². The van der Waals surface area contributed by atoms with Gasteiger partial charge in [0.1, 0.15) is 0 Å². The zero-order valence-electron chi connectivity index (χ0n) is 18.3. The van der Waals surface area contributed by atoms with E-state index < -0.39 is 0 Å². The number of likely N-dealkylation sites (tertiary alicyclic amines) is 1. The third-order valence-electron chi connectivity index (χ3n) is 6.88. The van der Waals surface area contributed by atoms with Gasteiger partial charge >= 0.3 is 5.69 Å². The number of amides is 1. The van der Waals surface area contributed by atoms with Gasteiger partial charge in [-0.1, -0.05) is 41.9 Å². The highest BCUT2D eigenvalue weighted by atomic mass is 35.5. The standard InChI is InChI=1S/C25H29ClN4O2/c1-16(27-24(31)21-14-20(21)17-5-3-2-4-6-17)15-29-11-9-19(10-12-29)30-23-8-7-18(26)13-22(23)28-25(30)32/h2-8,13,16,19-21H,9-12,14-15H2,1H3,(H,27,31)(H,28,32). The van der Waals surface area contributed by atoms with Crippen LogP contribution in [0.15, 0.2) is 53.3 Å². The average Bonchev–Trinajstić information content (AvgIpc) is 3.52. The first kappa shape index (κ1) is 21.3. The normalized spacial score (nSPS) is 22.7. The summed E-state index contributed by atoms with van der Waals surface area (Å²) < 4.78 is 1.88. The Morgan fingerprint density at radius 1 is 1.19 bits per heavy atom. The van der Waals surface area contributed by atoms with Gasteiger partial charge in [0.05, 0.1) is 11.0 Å². The summed E-state index contributed by atoms with van der Waals surface area (Å²) in [4.78, 5) is 30.5. The summed E-state index contributed by atoms with van der Waals surface area (Å²) >= 11 is 6.06. The maximum Gasteiger partial charge on any atom is 0.326 e. The van der Waals surface area contributed by atoms with E-state index in [1.807, 2.05) is 34.9 Å². The highest BCUT2D eigenvalue weighted by Crippen LogP contribution is 2.47. The molecule has 2 N–H and O–H groups in total. The highest BCUT2D eigenvalue weighted by molar-refractivity contribution is 6.31. The van der Waals surface area contributed by atoms with Crippen LogP contribution < -0.4 is 11.0 Å². The summed E-state index contributed by atoms with van der Waals surface area (Å²) in [6.07, 6.45) is 2.77. The number of carbonyl (C=O) groups is 1. The molecule has 2 aromatic carbocycles. The third-order valence-corrected chi connectivity index (χ3v) is 7.11. The fourth-order valence-corrected chi connectivity index (χ4v) is 5.33. The summed E-state index contributed by atoms with van der Waals surface area (Å²) in [5.41, 5.74) is 2.89. The first-order valence-electron chi connectivity index (χ1n) is 11.5. The van der Waals surface area contributed by atoms with Crippen molar-refractivity contribution in [3.05, 3.63) is 69.6 Å². The molecule has 6 nitrogen and oxygen atoms in total. The molecule has 3 atom stereocenters. The van der Waals surface area contributed by atoms with Gasteiger partial charge in [0.25, 0.3) is 0 Å². The molecule has 1 aromatic heterocycles. The van der Waals surface area contributed by atoms with Crippen LogP contribution in [0.1, 0.15) is 43.7 Å². The average molecular weight is 453 g/mol. The Balaban J connectivity index is 1.13. The number of rotatable bonds is 6. The summed E-state index contributed by atoms with van der Waals surface area (Å²) in [5.74, 6) is 0.640. The minimum Gasteiger partial charge on any atom is -0.352 e. The van der Waals surface area contributed by atoms with Crippen molar-refractivity contribution in [2.45, 2.75) is 44.2 Å². The van der Waals surface area contributed by atoms with Gasteiger partial charge in [0, 0.05) is 42.7 Å². The van der Waals surface area contributed by atoms with E-state index in [2.05, 4.69) is 34.3 Å². The minimum atomic E-state index is -0.0706. The van der Waals surface area contributed by atoms with Crippen molar-refractivity contribution < 1.29 is 4.79 Å². The number of piperidine rings is 1. The number of nitrogens with one attached hydrogen (secondary N) is 2. The number of nitrogens with zero attached hydrogens (tertiary/aromatic N) is 2. The quantitative estimate of drug-likeness (QED) is 0.595. The maximum atomic E-state index is 12.7. The number of aromatic amines is 1. The zero-order valence-corrected chi connectivity index (χ0v) is 19.0. The Hall–Kier alpha value is -2.57. The Kier molecular flexibility index (Phi) is 5.82. The van der Waals surface area contributed by atoms with Crippen LogP contribution in [-0.2, 0) is 4.79 Å².